The van der Waals surface area contributed by atoms with Crippen molar-refractivity contribution in [2.24, 2.45) is 0 Å². The molecule has 0 unspecified atom stereocenters. The molecule has 1 N–H and O–H groups in total. The monoisotopic (exact) mass is 215 g/mol. The highest BCUT2D eigenvalue weighted by Crippen LogP contribution is 2.18. The molecule has 0 bridgehead atoms. The predicted molar refractivity (Wildman–Crippen MR) is 59.9 cm³/mol. The SMILES string of the molecule is CCNCCCn1nc(C)c(Cl)c1C. The van der Waals surface area contributed by atoms with Crippen LogP contribution in [0.15, 0.2) is 0 Å². The van der Waals surface area contributed by atoms with Gasteiger partial charge in [-0.2, -0.15) is 5.10 Å². The molecule has 0 radical (unpaired) electrons. The van der Waals surface area contributed by atoms with Crippen LogP contribution >= 0.6 is 11.6 Å². The number of aryl methyl sites for hydroxylation is 2. The van der Waals surface area contributed by atoms with Crippen LogP contribution in [0.25, 0.3) is 0 Å². The van der Waals surface area contributed by atoms with Crippen LogP contribution in [0.2, 0.25) is 5.02 Å². The van der Waals surface area contributed by atoms with E-state index in [0.717, 1.165) is 42.5 Å². The fourth-order valence-electron chi connectivity index (χ4n) is 1.42. The minimum absolute atomic E-state index is 0.799. The van der Waals surface area contributed by atoms with Crippen LogP contribution in [0.3, 0.4) is 0 Å². The third kappa shape index (κ3) is 2.72. The van der Waals surface area contributed by atoms with Crippen LogP contribution in [0, 0.1) is 13.8 Å². The summed E-state index contributed by atoms with van der Waals surface area (Å²) in [5.74, 6) is 0. The summed E-state index contributed by atoms with van der Waals surface area (Å²) in [5, 5.41) is 8.45. The van der Waals surface area contributed by atoms with Gasteiger partial charge in [-0.3, -0.25) is 4.68 Å². The zero-order valence-electron chi connectivity index (χ0n) is 9.10. The predicted octanol–water partition coefficient (Wildman–Crippen LogP) is 2.15. The number of nitrogens with one attached hydrogen (secondary N) is 1. The molecule has 0 aliphatic heterocycles. The lowest BCUT2D eigenvalue weighted by molar-refractivity contribution is 0.538. The van der Waals surface area contributed by atoms with E-state index in [2.05, 4.69) is 17.3 Å². The average Bonchev–Trinajstić information content (AvgIpc) is 2.41. The number of rotatable bonds is 5. The Kier molecular flexibility index (Phi) is 4.42. The maximum Gasteiger partial charge on any atom is 0.0844 e. The Morgan fingerprint density at radius 3 is 2.64 bits per heavy atom. The minimum atomic E-state index is 0.799. The van der Waals surface area contributed by atoms with E-state index in [1.165, 1.54) is 0 Å². The van der Waals surface area contributed by atoms with Gasteiger partial charge in [-0.05, 0) is 33.4 Å². The van der Waals surface area contributed by atoms with Crippen molar-refractivity contribution in [1.29, 1.82) is 0 Å². The lowest BCUT2D eigenvalue weighted by atomic mass is 10.4. The number of aromatic nitrogens is 2. The zero-order valence-corrected chi connectivity index (χ0v) is 9.86. The van der Waals surface area contributed by atoms with Gasteiger partial charge in [0, 0.05) is 6.54 Å². The van der Waals surface area contributed by atoms with Crippen LogP contribution in [-0.4, -0.2) is 22.9 Å². The first-order valence-corrected chi connectivity index (χ1v) is 5.44. The number of hydrogen-bond donors (Lipinski definition) is 1. The molecule has 0 amide bonds. The van der Waals surface area contributed by atoms with Crippen molar-refractivity contribution in [3.63, 3.8) is 0 Å². The van der Waals surface area contributed by atoms with Gasteiger partial charge in [0.25, 0.3) is 0 Å². The van der Waals surface area contributed by atoms with Gasteiger partial charge in [0.15, 0.2) is 0 Å². The number of hydrogen-bond acceptors (Lipinski definition) is 2. The Morgan fingerprint density at radius 2 is 2.14 bits per heavy atom. The van der Waals surface area contributed by atoms with Crippen molar-refractivity contribution in [2.75, 3.05) is 13.1 Å². The summed E-state index contributed by atoms with van der Waals surface area (Å²) in [4.78, 5) is 0. The van der Waals surface area contributed by atoms with Crippen molar-refractivity contribution in [3.05, 3.63) is 16.4 Å². The average molecular weight is 216 g/mol. The summed E-state index contributed by atoms with van der Waals surface area (Å²) >= 11 is 6.04. The molecule has 0 saturated heterocycles. The third-order valence-corrected chi connectivity index (χ3v) is 2.81. The Bertz CT molecular complexity index is 294. The van der Waals surface area contributed by atoms with Gasteiger partial charge >= 0.3 is 0 Å². The van der Waals surface area contributed by atoms with E-state index in [1.807, 2.05) is 18.5 Å². The highest BCUT2D eigenvalue weighted by atomic mass is 35.5. The normalized spacial score (nSPS) is 10.9. The first kappa shape index (κ1) is 11.5. The molecule has 1 rings (SSSR count). The lowest BCUT2D eigenvalue weighted by Gasteiger charge is -2.04. The molecule has 1 aromatic heterocycles. The van der Waals surface area contributed by atoms with Crippen molar-refractivity contribution >= 4 is 11.6 Å². The summed E-state index contributed by atoms with van der Waals surface area (Å²) in [7, 11) is 0. The van der Waals surface area contributed by atoms with Gasteiger partial charge in [-0.1, -0.05) is 18.5 Å². The first-order valence-electron chi connectivity index (χ1n) is 5.07. The lowest BCUT2D eigenvalue weighted by Crippen LogP contribution is -2.16. The Morgan fingerprint density at radius 1 is 1.43 bits per heavy atom. The summed E-state index contributed by atoms with van der Waals surface area (Å²) in [5.41, 5.74) is 1.99. The van der Waals surface area contributed by atoms with Crippen molar-refractivity contribution in [2.45, 2.75) is 33.7 Å². The second kappa shape index (κ2) is 5.37. The van der Waals surface area contributed by atoms with Crippen LogP contribution in [0.1, 0.15) is 24.7 Å². The molecule has 0 aliphatic carbocycles. The van der Waals surface area contributed by atoms with E-state index in [1.54, 1.807) is 0 Å². The molecular weight excluding hydrogens is 198 g/mol. The molecule has 1 aromatic rings. The van der Waals surface area contributed by atoms with Crippen LogP contribution in [0.5, 0.6) is 0 Å². The summed E-state index contributed by atoms with van der Waals surface area (Å²) in [6.07, 6.45) is 1.09. The number of halogens is 1. The molecule has 0 atom stereocenters. The largest absolute Gasteiger partial charge is 0.317 e. The smallest absolute Gasteiger partial charge is 0.0844 e. The van der Waals surface area contributed by atoms with Gasteiger partial charge in [0.05, 0.1) is 16.4 Å². The van der Waals surface area contributed by atoms with E-state index in [0.29, 0.717) is 0 Å². The maximum atomic E-state index is 6.04. The molecule has 0 aromatic carbocycles. The van der Waals surface area contributed by atoms with Crippen LogP contribution in [0.4, 0.5) is 0 Å². The highest BCUT2D eigenvalue weighted by molar-refractivity contribution is 6.31. The molecule has 0 saturated carbocycles. The number of nitrogens with zero attached hydrogens (tertiary/aromatic N) is 2. The summed E-state index contributed by atoms with van der Waals surface area (Å²) in [6, 6.07) is 0. The van der Waals surface area contributed by atoms with Crippen LogP contribution in [-0.2, 0) is 6.54 Å². The fraction of sp³-hybridized carbons (Fsp3) is 0.700. The quantitative estimate of drug-likeness (QED) is 0.763. The van der Waals surface area contributed by atoms with Gasteiger partial charge in [0.2, 0.25) is 0 Å². The van der Waals surface area contributed by atoms with Gasteiger partial charge in [-0.25, -0.2) is 0 Å². The third-order valence-electron chi connectivity index (χ3n) is 2.27. The Labute approximate surface area is 90.4 Å². The molecule has 3 nitrogen and oxygen atoms in total. The van der Waals surface area contributed by atoms with Crippen molar-refractivity contribution in [3.8, 4) is 0 Å². The zero-order chi connectivity index (χ0) is 10.6. The second-order valence-electron chi connectivity index (χ2n) is 3.42. The van der Waals surface area contributed by atoms with Gasteiger partial charge in [0.1, 0.15) is 0 Å². The van der Waals surface area contributed by atoms with E-state index >= 15 is 0 Å². The van der Waals surface area contributed by atoms with Crippen molar-refractivity contribution < 1.29 is 0 Å². The van der Waals surface area contributed by atoms with Gasteiger partial charge in [-0.15, -0.1) is 0 Å². The molecule has 80 valence electrons. The minimum Gasteiger partial charge on any atom is -0.317 e. The van der Waals surface area contributed by atoms with Gasteiger partial charge < -0.3 is 5.32 Å². The molecule has 1 heterocycles. The summed E-state index contributed by atoms with van der Waals surface area (Å²) in [6.45, 7) is 9.06. The Hall–Kier alpha value is -0.540. The molecule has 0 aliphatic rings. The Balaban J connectivity index is 2.47. The topological polar surface area (TPSA) is 29.9 Å². The molecule has 14 heavy (non-hydrogen) atoms. The summed E-state index contributed by atoms with van der Waals surface area (Å²) < 4.78 is 1.98. The van der Waals surface area contributed by atoms with E-state index in [-0.39, 0.29) is 0 Å². The molecular formula is C10H18ClN3. The first-order chi connectivity index (χ1) is 6.66. The molecule has 0 fully saturated rings. The van der Waals surface area contributed by atoms with E-state index < -0.39 is 0 Å². The fourth-order valence-corrected chi connectivity index (χ4v) is 1.56. The molecule has 0 spiro atoms. The highest BCUT2D eigenvalue weighted by Gasteiger charge is 2.07. The second-order valence-corrected chi connectivity index (χ2v) is 3.79. The molecule has 4 heteroatoms. The van der Waals surface area contributed by atoms with E-state index in [4.69, 9.17) is 11.6 Å². The maximum absolute atomic E-state index is 6.04. The van der Waals surface area contributed by atoms with E-state index in [9.17, 15) is 0 Å². The standard InChI is InChI=1S/C10H18ClN3/c1-4-12-6-5-7-14-9(3)10(11)8(2)13-14/h12H,4-7H2,1-3H3. The van der Waals surface area contributed by atoms with Crippen LogP contribution < -0.4 is 5.32 Å². The van der Waals surface area contributed by atoms with Crippen molar-refractivity contribution in [1.82, 2.24) is 15.1 Å².